The zero-order chi connectivity index (χ0) is 30.2. The number of hydrogen-bond acceptors (Lipinski definition) is 0. The molecule has 0 aliphatic carbocycles. The van der Waals surface area contributed by atoms with Crippen molar-refractivity contribution < 1.29 is 0 Å². The van der Waals surface area contributed by atoms with Gasteiger partial charge in [-0.15, -0.1) is 0 Å². The first-order chi connectivity index (χ1) is 19.0. The van der Waals surface area contributed by atoms with E-state index < -0.39 is 0 Å². The van der Waals surface area contributed by atoms with Crippen molar-refractivity contribution in [3.63, 3.8) is 0 Å². The molecule has 0 radical (unpaired) electrons. The topological polar surface area (TPSA) is 0 Å². The maximum absolute atomic E-state index is 2.39. The van der Waals surface area contributed by atoms with Gasteiger partial charge in [0.15, 0.2) is 0 Å². The van der Waals surface area contributed by atoms with Crippen LogP contribution in [0, 0.1) is 0 Å². The second-order valence-corrected chi connectivity index (χ2v) is 11.4. The predicted molar refractivity (Wildman–Crippen MR) is 186 cm³/mol. The SMILES string of the molecule is CC(C)=CCCC(C)=CCC/C(C)=C/C=C/C(C)=C/C=C/C=C(C)/C=C/C=C(C)/C=C/C=C(\C)CCC=C(C)C. The highest BCUT2D eigenvalue weighted by molar-refractivity contribution is 5.31. The molecule has 0 heterocycles. The van der Waals surface area contributed by atoms with Crippen LogP contribution in [0.15, 0.2) is 142 Å². The van der Waals surface area contributed by atoms with Crippen molar-refractivity contribution in [1.29, 1.82) is 0 Å². The summed E-state index contributed by atoms with van der Waals surface area (Å²) < 4.78 is 0. The van der Waals surface area contributed by atoms with E-state index in [-0.39, 0.29) is 0 Å². The second-order valence-electron chi connectivity index (χ2n) is 11.4. The molecule has 0 aromatic rings. The van der Waals surface area contributed by atoms with E-state index >= 15 is 0 Å². The Morgan fingerprint density at radius 2 is 0.675 bits per heavy atom. The summed E-state index contributed by atoms with van der Waals surface area (Å²) in [7, 11) is 0. The summed E-state index contributed by atoms with van der Waals surface area (Å²) in [5, 5.41) is 0. The second kappa shape index (κ2) is 23.7. The molecule has 0 nitrogen and oxygen atoms in total. The van der Waals surface area contributed by atoms with Gasteiger partial charge in [-0.25, -0.2) is 0 Å². The van der Waals surface area contributed by atoms with Gasteiger partial charge < -0.3 is 0 Å². The molecule has 0 spiro atoms. The van der Waals surface area contributed by atoms with Crippen LogP contribution >= 0.6 is 0 Å². The largest absolute Gasteiger partial charge is 0.0856 e. The Labute approximate surface area is 249 Å². The number of hydrogen-bond donors (Lipinski definition) is 0. The van der Waals surface area contributed by atoms with Gasteiger partial charge >= 0.3 is 0 Å². The van der Waals surface area contributed by atoms with E-state index in [1.807, 2.05) is 0 Å². The third-order valence-electron chi connectivity index (χ3n) is 6.24. The molecule has 0 aliphatic heterocycles. The first-order valence-corrected chi connectivity index (χ1v) is 15.0. The van der Waals surface area contributed by atoms with Gasteiger partial charge in [0.25, 0.3) is 0 Å². The van der Waals surface area contributed by atoms with Crippen molar-refractivity contribution in [2.45, 2.75) is 108 Å². The van der Waals surface area contributed by atoms with Crippen molar-refractivity contribution >= 4 is 0 Å². The molecular weight excluding hydrogens is 480 g/mol. The molecule has 0 rings (SSSR count). The van der Waals surface area contributed by atoms with Crippen LogP contribution in [0.4, 0.5) is 0 Å². The third kappa shape index (κ3) is 25.2. The quantitative estimate of drug-likeness (QED) is 0.128. The molecule has 0 fully saturated rings. The molecule has 40 heavy (non-hydrogen) atoms. The first-order valence-electron chi connectivity index (χ1n) is 15.0. The van der Waals surface area contributed by atoms with Gasteiger partial charge in [-0.05, 0) is 108 Å². The highest BCUT2D eigenvalue weighted by atomic mass is 14.0. The minimum Gasteiger partial charge on any atom is -0.0856 e. The summed E-state index contributed by atoms with van der Waals surface area (Å²) in [6.07, 6.45) is 41.8. The van der Waals surface area contributed by atoms with Gasteiger partial charge in [-0.2, -0.15) is 0 Å². The van der Waals surface area contributed by atoms with E-state index in [0.717, 1.165) is 32.1 Å². The fourth-order valence-corrected chi connectivity index (χ4v) is 3.65. The number of allylic oxidation sites excluding steroid dienone is 24. The van der Waals surface area contributed by atoms with E-state index in [1.54, 1.807) is 0 Å². The fraction of sp³-hybridized carbons (Fsp3) is 0.400. The summed E-state index contributed by atoms with van der Waals surface area (Å²) in [5.74, 6) is 0. The first kappa shape index (κ1) is 36.9. The summed E-state index contributed by atoms with van der Waals surface area (Å²) in [6, 6.07) is 0. The van der Waals surface area contributed by atoms with Gasteiger partial charge in [-0.1, -0.05) is 142 Å². The third-order valence-corrected chi connectivity index (χ3v) is 6.24. The van der Waals surface area contributed by atoms with Crippen molar-refractivity contribution in [2.75, 3.05) is 0 Å². The normalized spacial score (nSPS) is 14.8. The summed E-state index contributed by atoms with van der Waals surface area (Å²) in [5.41, 5.74) is 10.8. The zero-order valence-electron chi connectivity index (χ0n) is 27.5. The van der Waals surface area contributed by atoms with Crippen LogP contribution in [-0.2, 0) is 0 Å². The minimum atomic E-state index is 1.11. The molecule has 0 aromatic carbocycles. The Balaban J connectivity index is 4.60. The highest BCUT2D eigenvalue weighted by Gasteiger charge is 1.91. The Morgan fingerprint density at radius 3 is 1.07 bits per heavy atom. The Hall–Kier alpha value is -3.12. The van der Waals surface area contributed by atoms with E-state index in [0.29, 0.717) is 0 Å². The van der Waals surface area contributed by atoms with E-state index in [9.17, 15) is 0 Å². The standard InChI is InChI=1S/C40H58/c1-33(2)19-13-23-37(7)27-17-31-39(9)29-15-25-35(5)21-11-12-22-36(6)26-16-30-40(10)32-18-28-38(8)24-14-20-34(3)4/h11-12,15-17,19-22,25-31H,13-14,18,23-24,32H2,1-10H3/b12-11+,25-15+,26-16+,31-17+,35-21+,36-22+,37-27+,38-28?,39-29+,40-30+. The van der Waals surface area contributed by atoms with E-state index in [1.165, 1.54) is 51.0 Å². The molecule has 0 atom stereocenters. The van der Waals surface area contributed by atoms with Crippen molar-refractivity contribution in [1.82, 2.24) is 0 Å². The molecule has 0 saturated heterocycles. The average Bonchev–Trinajstić information content (AvgIpc) is 2.86. The lowest BCUT2D eigenvalue weighted by molar-refractivity contribution is 0.918. The van der Waals surface area contributed by atoms with Gasteiger partial charge in [0, 0.05) is 0 Å². The lowest BCUT2D eigenvalue weighted by atomic mass is 10.1. The van der Waals surface area contributed by atoms with Crippen LogP contribution in [0.5, 0.6) is 0 Å². The van der Waals surface area contributed by atoms with Crippen LogP contribution < -0.4 is 0 Å². The molecule has 0 aromatic heterocycles. The molecule has 0 heteroatoms. The Bertz CT molecular complexity index is 1100. The van der Waals surface area contributed by atoms with Crippen LogP contribution in [0.1, 0.15) is 108 Å². The average molecular weight is 539 g/mol. The lowest BCUT2D eigenvalue weighted by Gasteiger charge is -2.00. The van der Waals surface area contributed by atoms with Crippen LogP contribution in [0.2, 0.25) is 0 Å². The molecule has 0 aliphatic rings. The molecular formula is C40H58. The smallest absolute Gasteiger partial charge is 0.0285 e. The molecule has 218 valence electrons. The van der Waals surface area contributed by atoms with E-state index in [4.69, 9.17) is 0 Å². The predicted octanol–water partition coefficient (Wildman–Crippen LogP) is 13.2. The molecule has 0 bridgehead atoms. The van der Waals surface area contributed by atoms with Crippen molar-refractivity contribution in [2.24, 2.45) is 0 Å². The van der Waals surface area contributed by atoms with E-state index in [2.05, 4.69) is 166 Å². The maximum Gasteiger partial charge on any atom is -0.0285 e. The lowest BCUT2D eigenvalue weighted by Crippen LogP contribution is -1.80. The van der Waals surface area contributed by atoms with Crippen LogP contribution in [0.3, 0.4) is 0 Å². The fourth-order valence-electron chi connectivity index (χ4n) is 3.65. The Morgan fingerprint density at radius 1 is 0.350 bits per heavy atom. The maximum atomic E-state index is 2.39. The molecule has 0 saturated carbocycles. The monoisotopic (exact) mass is 538 g/mol. The summed E-state index contributed by atoms with van der Waals surface area (Å²) in [6.45, 7) is 21.7. The zero-order valence-corrected chi connectivity index (χ0v) is 27.5. The van der Waals surface area contributed by atoms with Crippen LogP contribution in [0.25, 0.3) is 0 Å². The van der Waals surface area contributed by atoms with Crippen molar-refractivity contribution in [3.8, 4) is 0 Å². The van der Waals surface area contributed by atoms with Gasteiger partial charge in [0.05, 0.1) is 0 Å². The summed E-state index contributed by atoms with van der Waals surface area (Å²) in [4.78, 5) is 0. The van der Waals surface area contributed by atoms with Gasteiger partial charge in [0.1, 0.15) is 0 Å². The van der Waals surface area contributed by atoms with Gasteiger partial charge in [0.2, 0.25) is 0 Å². The van der Waals surface area contributed by atoms with Crippen molar-refractivity contribution in [3.05, 3.63) is 142 Å². The van der Waals surface area contributed by atoms with Gasteiger partial charge in [-0.3, -0.25) is 0 Å². The minimum absolute atomic E-state index is 1.11. The summed E-state index contributed by atoms with van der Waals surface area (Å²) >= 11 is 0. The Kier molecular flexibility index (Phi) is 21.9. The van der Waals surface area contributed by atoms with Crippen LogP contribution in [-0.4, -0.2) is 0 Å². The molecule has 0 amide bonds. The molecule has 0 N–H and O–H groups in total. The number of rotatable bonds is 17. The highest BCUT2D eigenvalue weighted by Crippen LogP contribution is 2.12. The molecule has 0 unspecified atom stereocenters.